The molecule has 1 heterocycles. The van der Waals surface area contributed by atoms with E-state index in [1.165, 1.54) is 61.7 Å². The normalized spacial score (nSPS) is 17.3. The standard InChI is InChI=1S/C23H30FN3O3S/c1-18-9-4-6-15-27(18)16-7-5-14-25-23(28)19-10-8-11-20(17-19)31(29,30)26-22-13-3-2-12-21(22)24/h2-3,8,10-13,17-18,26H,4-7,9,14-16H2,1H3,(H,25,28). The smallest absolute Gasteiger partial charge is 0.262 e. The van der Waals surface area contributed by atoms with Gasteiger partial charge in [-0.3, -0.25) is 9.52 Å². The lowest BCUT2D eigenvalue weighted by molar-refractivity contribution is 0.0951. The summed E-state index contributed by atoms with van der Waals surface area (Å²) in [6.45, 7) is 4.98. The van der Waals surface area contributed by atoms with Gasteiger partial charge in [0, 0.05) is 18.2 Å². The molecule has 8 heteroatoms. The minimum atomic E-state index is -4.01. The zero-order valence-corrected chi connectivity index (χ0v) is 18.6. The number of hydrogen-bond donors (Lipinski definition) is 2. The number of halogens is 1. The number of piperidine rings is 1. The van der Waals surface area contributed by atoms with Gasteiger partial charge >= 0.3 is 0 Å². The third kappa shape index (κ3) is 6.51. The monoisotopic (exact) mass is 447 g/mol. The summed E-state index contributed by atoms with van der Waals surface area (Å²) in [7, 11) is -4.01. The average molecular weight is 448 g/mol. The molecule has 1 fully saturated rings. The van der Waals surface area contributed by atoms with Crippen LogP contribution < -0.4 is 10.0 Å². The van der Waals surface area contributed by atoms with Crippen LogP contribution in [0.2, 0.25) is 0 Å². The Kier molecular flexibility index (Phi) is 8.03. The van der Waals surface area contributed by atoms with Crippen LogP contribution in [0.1, 0.15) is 49.4 Å². The number of nitrogens with one attached hydrogen (secondary N) is 2. The maximum absolute atomic E-state index is 13.8. The van der Waals surface area contributed by atoms with Crippen LogP contribution in [0.25, 0.3) is 0 Å². The number of carbonyl (C=O) groups is 1. The highest BCUT2D eigenvalue weighted by Gasteiger charge is 2.19. The molecule has 2 aromatic rings. The molecule has 0 bridgehead atoms. The zero-order valence-electron chi connectivity index (χ0n) is 17.8. The molecule has 1 amide bonds. The van der Waals surface area contributed by atoms with E-state index < -0.39 is 15.8 Å². The minimum Gasteiger partial charge on any atom is -0.352 e. The SMILES string of the molecule is CC1CCCCN1CCCCNC(=O)c1cccc(S(=O)(=O)Nc2ccccc2F)c1. The number of likely N-dealkylation sites (tertiary alicyclic amines) is 1. The molecule has 1 aliphatic heterocycles. The van der Waals surface area contributed by atoms with Crippen molar-refractivity contribution in [3.63, 3.8) is 0 Å². The lowest BCUT2D eigenvalue weighted by atomic mass is 10.0. The molecule has 1 atom stereocenters. The van der Waals surface area contributed by atoms with E-state index in [9.17, 15) is 17.6 Å². The maximum atomic E-state index is 13.8. The zero-order chi connectivity index (χ0) is 22.3. The van der Waals surface area contributed by atoms with E-state index in [0.717, 1.165) is 25.9 Å². The third-order valence-electron chi connectivity index (χ3n) is 5.62. The summed E-state index contributed by atoms with van der Waals surface area (Å²) >= 11 is 0. The van der Waals surface area contributed by atoms with E-state index in [0.29, 0.717) is 12.6 Å². The summed E-state index contributed by atoms with van der Waals surface area (Å²) in [6.07, 6.45) is 5.68. The molecule has 0 aromatic heterocycles. The molecule has 0 radical (unpaired) electrons. The molecule has 6 nitrogen and oxygen atoms in total. The number of anilines is 1. The molecule has 0 saturated carbocycles. The lowest BCUT2D eigenvalue weighted by Crippen LogP contribution is -2.38. The van der Waals surface area contributed by atoms with Crippen molar-refractivity contribution in [2.24, 2.45) is 0 Å². The van der Waals surface area contributed by atoms with Crippen molar-refractivity contribution in [1.82, 2.24) is 10.2 Å². The molecule has 168 valence electrons. The number of hydrogen-bond acceptors (Lipinski definition) is 4. The van der Waals surface area contributed by atoms with Gasteiger partial charge < -0.3 is 10.2 Å². The van der Waals surface area contributed by atoms with E-state index in [-0.39, 0.29) is 22.1 Å². The van der Waals surface area contributed by atoms with Crippen LogP contribution in [0.4, 0.5) is 10.1 Å². The van der Waals surface area contributed by atoms with Gasteiger partial charge in [-0.05, 0) is 76.0 Å². The fraction of sp³-hybridized carbons (Fsp3) is 0.435. The number of rotatable bonds is 9. The van der Waals surface area contributed by atoms with Crippen LogP contribution in [-0.4, -0.2) is 44.9 Å². The highest BCUT2D eigenvalue weighted by Crippen LogP contribution is 2.20. The van der Waals surface area contributed by atoms with E-state index in [1.807, 2.05) is 0 Å². The van der Waals surface area contributed by atoms with Crippen molar-refractivity contribution in [3.8, 4) is 0 Å². The van der Waals surface area contributed by atoms with Gasteiger partial charge in [0.05, 0.1) is 10.6 Å². The van der Waals surface area contributed by atoms with Crippen LogP contribution >= 0.6 is 0 Å². The quantitative estimate of drug-likeness (QED) is 0.570. The first-order chi connectivity index (χ1) is 14.9. The predicted molar refractivity (Wildman–Crippen MR) is 120 cm³/mol. The highest BCUT2D eigenvalue weighted by atomic mass is 32.2. The van der Waals surface area contributed by atoms with Gasteiger partial charge in [0.2, 0.25) is 0 Å². The third-order valence-corrected chi connectivity index (χ3v) is 6.99. The van der Waals surface area contributed by atoms with Crippen molar-refractivity contribution in [3.05, 3.63) is 59.9 Å². The van der Waals surface area contributed by atoms with E-state index in [1.54, 1.807) is 6.07 Å². The van der Waals surface area contributed by atoms with Gasteiger partial charge in [-0.1, -0.05) is 24.6 Å². The van der Waals surface area contributed by atoms with Crippen LogP contribution in [0.15, 0.2) is 53.4 Å². The number of carbonyl (C=O) groups excluding carboxylic acids is 1. The first-order valence-corrected chi connectivity index (χ1v) is 12.2. The number of amides is 1. The van der Waals surface area contributed by atoms with E-state index >= 15 is 0 Å². The number of unbranched alkanes of at least 4 members (excludes halogenated alkanes) is 1. The molecule has 2 N–H and O–H groups in total. The van der Waals surface area contributed by atoms with Gasteiger partial charge in [0.1, 0.15) is 5.82 Å². The number of nitrogens with zero attached hydrogens (tertiary/aromatic N) is 1. The molecule has 31 heavy (non-hydrogen) atoms. The van der Waals surface area contributed by atoms with Gasteiger partial charge in [0.25, 0.3) is 15.9 Å². The first kappa shape index (κ1) is 23.2. The van der Waals surface area contributed by atoms with Crippen molar-refractivity contribution >= 4 is 21.6 Å². The fourth-order valence-corrected chi connectivity index (χ4v) is 4.90. The molecule has 1 saturated heterocycles. The van der Waals surface area contributed by atoms with Crippen molar-refractivity contribution in [2.75, 3.05) is 24.4 Å². The molecule has 0 aliphatic carbocycles. The van der Waals surface area contributed by atoms with E-state index in [4.69, 9.17) is 0 Å². The van der Waals surface area contributed by atoms with Crippen molar-refractivity contribution in [1.29, 1.82) is 0 Å². The topological polar surface area (TPSA) is 78.5 Å². The summed E-state index contributed by atoms with van der Waals surface area (Å²) in [5, 5.41) is 2.85. The summed E-state index contributed by atoms with van der Waals surface area (Å²) in [5.41, 5.74) is 0.112. The Labute approximate surface area is 183 Å². The second-order valence-electron chi connectivity index (χ2n) is 7.96. The molecular formula is C23H30FN3O3S. The average Bonchev–Trinajstić information content (AvgIpc) is 2.76. The Bertz CT molecular complexity index is 997. The molecule has 1 unspecified atom stereocenters. The van der Waals surface area contributed by atoms with Gasteiger partial charge in [-0.2, -0.15) is 0 Å². The van der Waals surface area contributed by atoms with Gasteiger partial charge in [0.15, 0.2) is 0 Å². The molecule has 2 aromatic carbocycles. The van der Waals surface area contributed by atoms with Crippen molar-refractivity contribution < 1.29 is 17.6 Å². The predicted octanol–water partition coefficient (Wildman–Crippen LogP) is 4.01. The molecule has 3 rings (SSSR count). The number of sulfonamides is 1. The fourth-order valence-electron chi connectivity index (χ4n) is 3.79. The van der Waals surface area contributed by atoms with Crippen LogP contribution in [0.3, 0.4) is 0 Å². The Balaban J connectivity index is 1.52. The molecular weight excluding hydrogens is 417 g/mol. The number of benzene rings is 2. The summed E-state index contributed by atoms with van der Waals surface area (Å²) < 4.78 is 41.2. The largest absolute Gasteiger partial charge is 0.352 e. The summed E-state index contributed by atoms with van der Waals surface area (Å²) in [6, 6.07) is 11.9. The Morgan fingerprint density at radius 3 is 2.71 bits per heavy atom. The van der Waals surface area contributed by atoms with Gasteiger partial charge in [-0.25, -0.2) is 12.8 Å². The summed E-state index contributed by atoms with van der Waals surface area (Å²) in [4.78, 5) is 14.9. The number of para-hydroxylation sites is 1. The second-order valence-corrected chi connectivity index (χ2v) is 9.64. The van der Waals surface area contributed by atoms with Gasteiger partial charge in [-0.15, -0.1) is 0 Å². The van der Waals surface area contributed by atoms with Crippen molar-refractivity contribution in [2.45, 2.75) is 50.0 Å². The maximum Gasteiger partial charge on any atom is 0.262 e. The van der Waals surface area contributed by atoms with E-state index in [2.05, 4.69) is 21.9 Å². The lowest BCUT2D eigenvalue weighted by Gasteiger charge is -2.33. The molecule has 0 spiro atoms. The highest BCUT2D eigenvalue weighted by molar-refractivity contribution is 7.92. The van der Waals surface area contributed by atoms with Crippen LogP contribution in [-0.2, 0) is 10.0 Å². The van der Waals surface area contributed by atoms with Crippen LogP contribution in [0.5, 0.6) is 0 Å². The Hall–Kier alpha value is -2.45. The Morgan fingerprint density at radius 2 is 1.94 bits per heavy atom. The Morgan fingerprint density at radius 1 is 1.13 bits per heavy atom. The summed E-state index contributed by atoms with van der Waals surface area (Å²) in [5.74, 6) is -0.992. The van der Waals surface area contributed by atoms with Crippen LogP contribution in [0, 0.1) is 5.82 Å². The second kappa shape index (κ2) is 10.7. The minimum absolute atomic E-state index is 0.0949. The molecule has 1 aliphatic rings. The first-order valence-electron chi connectivity index (χ1n) is 10.8.